The van der Waals surface area contributed by atoms with E-state index >= 15 is 0 Å². The summed E-state index contributed by atoms with van der Waals surface area (Å²) in [5.41, 5.74) is 1.99. The van der Waals surface area contributed by atoms with Crippen molar-refractivity contribution in [1.82, 2.24) is 10.6 Å². The molecule has 1 amide bonds. The van der Waals surface area contributed by atoms with Crippen molar-refractivity contribution >= 4 is 17.7 Å². The Bertz CT molecular complexity index is 365. The second-order valence-electron chi connectivity index (χ2n) is 4.23. The topological polar surface area (TPSA) is 41.1 Å². The van der Waals surface area contributed by atoms with Crippen molar-refractivity contribution in [2.24, 2.45) is 0 Å². The Morgan fingerprint density at radius 2 is 2.00 bits per heavy atom. The molecule has 2 N–H and O–H groups in total. The van der Waals surface area contributed by atoms with Gasteiger partial charge in [0.2, 0.25) is 0 Å². The van der Waals surface area contributed by atoms with Crippen LogP contribution in [0.1, 0.15) is 29.8 Å². The summed E-state index contributed by atoms with van der Waals surface area (Å²) in [5, 5.41) is 5.99. The minimum atomic E-state index is -0.00760. The van der Waals surface area contributed by atoms with Gasteiger partial charge in [0.1, 0.15) is 0 Å². The van der Waals surface area contributed by atoms with Crippen LogP contribution in [-0.2, 0) is 5.75 Å². The third-order valence-corrected chi connectivity index (χ3v) is 3.70. The summed E-state index contributed by atoms with van der Waals surface area (Å²) in [6.07, 6.45) is 0. The van der Waals surface area contributed by atoms with Crippen LogP contribution in [0.25, 0.3) is 0 Å². The largest absolute Gasteiger partial charge is 0.350 e. The van der Waals surface area contributed by atoms with Crippen LogP contribution in [0.3, 0.4) is 0 Å². The maximum atomic E-state index is 11.8. The molecule has 100 valence electrons. The van der Waals surface area contributed by atoms with Crippen LogP contribution in [0.2, 0.25) is 0 Å². The molecule has 1 unspecified atom stereocenters. The molecule has 0 fully saturated rings. The Morgan fingerprint density at radius 3 is 2.56 bits per heavy atom. The zero-order valence-electron chi connectivity index (χ0n) is 11.3. The smallest absolute Gasteiger partial charge is 0.251 e. The predicted molar refractivity (Wildman–Crippen MR) is 79.1 cm³/mol. The molecule has 0 saturated carbocycles. The van der Waals surface area contributed by atoms with Gasteiger partial charge in [-0.3, -0.25) is 4.79 Å². The van der Waals surface area contributed by atoms with E-state index in [9.17, 15) is 4.79 Å². The molecule has 18 heavy (non-hydrogen) atoms. The van der Waals surface area contributed by atoms with Crippen molar-refractivity contribution in [3.8, 4) is 0 Å². The van der Waals surface area contributed by atoms with Gasteiger partial charge in [-0.25, -0.2) is 0 Å². The number of thioether (sulfide) groups is 1. The minimum absolute atomic E-state index is 0.00760. The molecule has 3 nitrogen and oxygen atoms in total. The number of hydrogen-bond acceptors (Lipinski definition) is 3. The van der Waals surface area contributed by atoms with Crippen LogP contribution in [0.15, 0.2) is 24.3 Å². The first kappa shape index (κ1) is 15.1. The Kier molecular flexibility index (Phi) is 6.83. The van der Waals surface area contributed by atoms with Crippen LogP contribution in [-0.4, -0.2) is 31.3 Å². The monoisotopic (exact) mass is 266 g/mol. The highest BCUT2D eigenvalue weighted by molar-refractivity contribution is 7.98. The molecule has 1 rings (SSSR count). The van der Waals surface area contributed by atoms with Gasteiger partial charge in [0.25, 0.3) is 5.91 Å². The SMILES string of the molecule is CCSCc1ccc(C(=O)NCC(C)NC)cc1. The lowest BCUT2D eigenvalue weighted by Gasteiger charge is -2.11. The van der Waals surface area contributed by atoms with Gasteiger partial charge in [-0.1, -0.05) is 19.1 Å². The highest BCUT2D eigenvalue weighted by Gasteiger charge is 2.06. The van der Waals surface area contributed by atoms with Gasteiger partial charge in [-0.15, -0.1) is 0 Å². The van der Waals surface area contributed by atoms with Crippen LogP contribution in [0.5, 0.6) is 0 Å². The number of amides is 1. The summed E-state index contributed by atoms with van der Waals surface area (Å²) in [6, 6.07) is 8.13. The molecule has 0 aliphatic rings. The van der Waals surface area contributed by atoms with Crippen LogP contribution < -0.4 is 10.6 Å². The molecule has 0 heterocycles. The fraction of sp³-hybridized carbons (Fsp3) is 0.500. The molecule has 1 atom stereocenters. The molecule has 0 aromatic heterocycles. The highest BCUT2D eigenvalue weighted by atomic mass is 32.2. The van der Waals surface area contributed by atoms with E-state index in [-0.39, 0.29) is 11.9 Å². The molecule has 0 radical (unpaired) electrons. The summed E-state index contributed by atoms with van der Waals surface area (Å²) < 4.78 is 0. The van der Waals surface area contributed by atoms with Crippen molar-refractivity contribution in [3.05, 3.63) is 35.4 Å². The minimum Gasteiger partial charge on any atom is -0.350 e. The highest BCUT2D eigenvalue weighted by Crippen LogP contribution is 2.12. The average molecular weight is 266 g/mol. The maximum absolute atomic E-state index is 11.8. The molecule has 0 spiro atoms. The van der Waals surface area contributed by atoms with Crippen LogP contribution in [0.4, 0.5) is 0 Å². The van der Waals surface area contributed by atoms with Gasteiger partial charge >= 0.3 is 0 Å². The summed E-state index contributed by atoms with van der Waals surface area (Å²) >= 11 is 1.88. The molecule has 0 bridgehead atoms. The first-order valence-electron chi connectivity index (χ1n) is 6.29. The van der Waals surface area contributed by atoms with E-state index in [1.165, 1.54) is 5.56 Å². The quantitative estimate of drug-likeness (QED) is 0.795. The molecule has 1 aromatic rings. The fourth-order valence-electron chi connectivity index (χ4n) is 1.42. The number of likely N-dealkylation sites (N-methyl/N-ethyl adjacent to an activating group) is 1. The van der Waals surface area contributed by atoms with E-state index < -0.39 is 0 Å². The van der Waals surface area contributed by atoms with Crippen molar-refractivity contribution in [3.63, 3.8) is 0 Å². The standard InChI is InChI=1S/C14H22N2OS/c1-4-18-10-12-5-7-13(8-6-12)14(17)16-9-11(2)15-3/h5-8,11,15H,4,9-10H2,1-3H3,(H,16,17). The van der Waals surface area contributed by atoms with Gasteiger partial charge in [0, 0.05) is 23.9 Å². The van der Waals surface area contributed by atoms with Gasteiger partial charge in [0.15, 0.2) is 0 Å². The van der Waals surface area contributed by atoms with Crippen molar-refractivity contribution in [2.75, 3.05) is 19.3 Å². The molecule has 1 aromatic carbocycles. The lowest BCUT2D eigenvalue weighted by Crippen LogP contribution is -2.37. The number of carbonyl (C=O) groups is 1. The number of nitrogens with one attached hydrogen (secondary N) is 2. The second kappa shape index (κ2) is 8.16. The lowest BCUT2D eigenvalue weighted by molar-refractivity contribution is 0.0950. The van der Waals surface area contributed by atoms with Gasteiger partial charge in [-0.2, -0.15) is 11.8 Å². The maximum Gasteiger partial charge on any atom is 0.251 e. The van der Waals surface area contributed by atoms with E-state index in [0.29, 0.717) is 6.54 Å². The van der Waals surface area contributed by atoms with Crippen molar-refractivity contribution < 1.29 is 4.79 Å². The Balaban J connectivity index is 2.48. The molecule has 0 aliphatic heterocycles. The second-order valence-corrected chi connectivity index (χ2v) is 5.51. The first-order chi connectivity index (χ1) is 8.67. The van der Waals surface area contributed by atoms with E-state index in [0.717, 1.165) is 17.1 Å². The number of hydrogen-bond donors (Lipinski definition) is 2. The first-order valence-corrected chi connectivity index (χ1v) is 7.45. The third-order valence-electron chi connectivity index (χ3n) is 2.75. The van der Waals surface area contributed by atoms with Gasteiger partial charge < -0.3 is 10.6 Å². The number of benzene rings is 1. The fourth-order valence-corrected chi connectivity index (χ4v) is 2.05. The summed E-state index contributed by atoms with van der Waals surface area (Å²) in [4.78, 5) is 11.8. The number of rotatable bonds is 7. The summed E-state index contributed by atoms with van der Waals surface area (Å²) in [5.74, 6) is 2.12. The molecule has 0 aliphatic carbocycles. The van der Waals surface area contributed by atoms with E-state index in [1.807, 2.05) is 50.0 Å². The molecule has 4 heteroatoms. The predicted octanol–water partition coefficient (Wildman–Crippen LogP) is 2.28. The normalized spacial score (nSPS) is 12.2. The van der Waals surface area contributed by atoms with E-state index in [4.69, 9.17) is 0 Å². The van der Waals surface area contributed by atoms with E-state index in [1.54, 1.807) is 0 Å². The molecular weight excluding hydrogens is 244 g/mol. The van der Waals surface area contributed by atoms with E-state index in [2.05, 4.69) is 17.6 Å². The summed E-state index contributed by atoms with van der Waals surface area (Å²) in [6.45, 7) is 4.82. The van der Waals surface area contributed by atoms with Crippen LogP contribution >= 0.6 is 11.8 Å². The Hall–Kier alpha value is -1.00. The lowest BCUT2D eigenvalue weighted by atomic mass is 10.1. The Morgan fingerprint density at radius 1 is 1.33 bits per heavy atom. The molecular formula is C14H22N2OS. The molecule has 0 saturated heterocycles. The van der Waals surface area contributed by atoms with Crippen molar-refractivity contribution in [2.45, 2.75) is 25.6 Å². The van der Waals surface area contributed by atoms with Crippen molar-refractivity contribution in [1.29, 1.82) is 0 Å². The zero-order chi connectivity index (χ0) is 13.4. The van der Waals surface area contributed by atoms with Gasteiger partial charge in [0.05, 0.1) is 0 Å². The Labute approximate surface area is 114 Å². The number of carbonyl (C=O) groups excluding carboxylic acids is 1. The average Bonchev–Trinajstić information content (AvgIpc) is 2.42. The zero-order valence-corrected chi connectivity index (χ0v) is 12.1. The summed E-state index contributed by atoms with van der Waals surface area (Å²) in [7, 11) is 1.89. The third kappa shape index (κ3) is 5.10. The van der Waals surface area contributed by atoms with Gasteiger partial charge in [-0.05, 0) is 37.4 Å². The van der Waals surface area contributed by atoms with Crippen LogP contribution in [0, 0.1) is 0 Å².